The fourth-order valence-electron chi connectivity index (χ4n) is 1.93. The highest BCUT2D eigenvalue weighted by Crippen LogP contribution is 2.23. The van der Waals surface area contributed by atoms with Gasteiger partial charge in [0.05, 0.1) is 23.0 Å². The third-order valence-electron chi connectivity index (χ3n) is 3.02. The first-order valence-corrected chi connectivity index (χ1v) is 7.83. The van der Waals surface area contributed by atoms with Gasteiger partial charge in [0.25, 0.3) is 5.91 Å². The Morgan fingerprint density at radius 2 is 2.19 bits per heavy atom. The van der Waals surface area contributed by atoms with Crippen LogP contribution >= 0.6 is 11.3 Å². The van der Waals surface area contributed by atoms with Gasteiger partial charge in [-0.05, 0) is 26.3 Å². The highest BCUT2D eigenvalue weighted by atomic mass is 32.1. The number of pyridine rings is 1. The lowest BCUT2D eigenvalue weighted by Gasteiger charge is -2.24. The molecule has 0 aliphatic heterocycles. The summed E-state index contributed by atoms with van der Waals surface area (Å²) in [6, 6.07) is 1.73. The number of rotatable bonds is 6. The SMILES string of the molecule is CCCNc1cnccc1C(=O)NC(C)(C)c1nccs1. The van der Waals surface area contributed by atoms with Crippen molar-refractivity contribution < 1.29 is 4.79 Å². The molecule has 2 aromatic heterocycles. The van der Waals surface area contributed by atoms with E-state index in [2.05, 4.69) is 27.5 Å². The van der Waals surface area contributed by atoms with Crippen molar-refractivity contribution in [1.82, 2.24) is 15.3 Å². The lowest BCUT2D eigenvalue weighted by Crippen LogP contribution is -2.41. The average Bonchev–Trinajstić information content (AvgIpc) is 3.00. The Bertz CT molecular complexity index is 595. The summed E-state index contributed by atoms with van der Waals surface area (Å²) in [4.78, 5) is 20.9. The summed E-state index contributed by atoms with van der Waals surface area (Å²) in [5, 5.41) is 9.05. The van der Waals surface area contributed by atoms with Crippen LogP contribution in [0.2, 0.25) is 0 Å². The molecule has 0 aliphatic rings. The Morgan fingerprint density at radius 1 is 1.38 bits per heavy atom. The maximum Gasteiger partial charge on any atom is 0.254 e. The molecule has 5 nitrogen and oxygen atoms in total. The van der Waals surface area contributed by atoms with E-state index in [0.717, 1.165) is 23.7 Å². The molecule has 0 spiro atoms. The molecule has 0 unspecified atom stereocenters. The minimum absolute atomic E-state index is 0.129. The first-order valence-electron chi connectivity index (χ1n) is 6.95. The molecular weight excluding hydrogens is 284 g/mol. The number of amides is 1. The topological polar surface area (TPSA) is 66.9 Å². The number of nitrogens with zero attached hydrogens (tertiary/aromatic N) is 2. The fraction of sp³-hybridized carbons (Fsp3) is 0.400. The van der Waals surface area contributed by atoms with E-state index in [4.69, 9.17) is 0 Å². The molecule has 6 heteroatoms. The highest BCUT2D eigenvalue weighted by molar-refractivity contribution is 7.09. The van der Waals surface area contributed by atoms with Crippen LogP contribution in [0.1, 0.15) is 42.6 Å². The van der Waals surface area contributed by atoms with Crippen molar-refractivity contribution in [3.05, 3.63) is 40.6 Å². The van der Waals surface area contributed by atoms with Crippen LogP contribution in [0, 0.1) is 0 Å². The average molecular weight is 304 g/mol. The van der Waals surface area contributed by atoms with E-state index in [1.165, 1.54) is 11.3 Å². The first-order chi connectivity index (χ1) is 10.0. The van der Waals surface area contributed by atoms with Crippen molar-refractivity contribution in [2.75, 3.05) is 11.9 Å². The monoisotopic (exact) mass is 304 g/mol. The van der Waals surface area contributed by atoms with E-state index < -0.39 is 5.54 Å². The normalized spacial score (nSPS) is 11.2. The molecule has 0 aliphatic carbocycles. The van der Waals surface area contributed by atoms with Crippen LogP contribution in [0.25, 0.3) is 0 Å². The summed E-state index contributed by atoms with van der Waals surface area (Å²) in [7, 11) is 0. The van der Waals surface area contributed by atoms with Crippen LogP contribution in [0.15, 0.2) is 30.0 Å². The number of aromatic nitrogens is 2. The second-order valence-corrected chi connectivity index (χ2v) is 6.16. The molecule has 0 saturated heterocycles. The summed E-state index contributed by atoms with van der Waals surface area (Å²) in [5.74, 6) is -0.129. The quantitative estimate of drug-likeness (QED) is 0.861. The maximum absolute atomic E-state index is 12.5. The van der Waals surface area contributed by atoms with E-state index in [1.807, 2.05) is 19.2 Å². The van der Waals surface area contributed by atoms with Crippen LogP contribution in [0.5, 0.6) is 0 Å². The predicted molar refractivity (Wildman–Crippen MR) is 85.6 cm³/mol. The van der Waals surface area contributed by atoms with Gasteiger partial charge in [0.2, 0.25) is 0 Å². The van der Waals surface area contributed by atoms with Gasteiger partial charge in [0, 0.05) is 24.3 Å². The van der Waals surface area contributed by atoms with Gasteiger partial charge in [0.1, 0.15) is 5.01 Å². The van der Waals surface area contributed by atoms with E-state index in [-0.39, 0.29) is 5.91 Å². The third kappa shape index (κ3) is 3.78. The van der Waals surface area contributed by atoms with Crippen LogP contribution in [0.3, 0.4) is 0 Å². The molecule has 2 rings (SSSR count). The van der Waals surface area contributed by atoms with E-state index >= 15 is 0 Å². The minimum atomic E-state index is -0.503. The zero-order valence-electron chi connectivity index (χ0n) is 12.5. The summed E-state index contributed by atoms with van der Waals surface area (Å²) in [6.07, 6.45) is 6.04. The number of carbonyl (C=O) groups excluding carboxylic acids is 1. The fourth-order valence-corrected chi connectivity index (χ4v) is 2.65. The molecule has 1 amide bonds. The summed E-state index contributed by atoms with van der Waals surface area (Å²) >= 11 is 1.53. The molecule has 2 N–H and O–H groups in total. The molecule has 0 aromatic carbocycles. The van der Waals surface area contributed by atoms with Gasteiger partial charge in [0.15, 0.2) is 0 Å². The van der Waals surface area contributed by atoms with Gasteiger partial charge in [-0.3, -0.25) is 9.78 Å². The standard InChI is InChI=1S/C15H20N4OS/c1-4-6-17-12-10-16-7-5-11(12)13(20)19-15(2,3)14-18-8-9-21-14/h5,7-10,17H,4,6H2,1-3H3,(H,19,20). The van der Waals surface area contributed by atoms with Crippen molar-refractivity contribution in [1.29, 1.82) is 0 Å². The summed E-state index contributed by atoms with van der Waals surface area (Å²) in [6.45, 7) is 6.78. The van der Waals surface area contributed by atoms with Gasteiger partial charge in [-0.25, -0.2) is 4.98 Å². The van der Waals surface area contributed by atoms with E-state index in [9.17, 15) is 4.79 Å². The maximum atomic E-state index is 12.5. The predicted octanol–water partition coefficient (Wildman–Crippen LogP) is 3.03. The zero-order chi connectivity index (χ0) is 15.3. The molecule has 112 valence electrons. The third-order valence-corrected chi connectivity index (χ3v) is 4.12. The molecule has 21 heavy (non-hydrogen) atoms. The van der Waals surface area contributed by atoms with Crippen molar-refractivity contribution in [2.24, 2.45) is 0 Å². The smallest absolute Gasteiger partial charge is 0.254 e. The Labute approximate surface area is 128 Å². The van der Waals surface area contributed by atoms with Crippen LogP contribution in [-0.4, -0.2) is 22.4 Å². The number of thiazole rings is 1. The number of nitrogens with one attached hydrogen (secondary N) is 2. The Morgan fingerprint density at radius 3 is 2.86 bits per heavy atom. The molecule has 0 bridgehead atoms. The molecule has 0 fully saturated rings. The largest absolute Gasteiger partial charge is 0.383 e. The van der Waals surface area contributed by atoms with Gasteiger partial charge < -0.3 is 10.6 Å². The number of anilines is 1. The van der Waals surface area contributed by atoms with Crippen LogP contribution < -0.4 is 10.6 Å². The molecule has 2 aromatic rings. The Kier molecular flexibility index (Phi) is 4.90. The lowest BCUT2D eigenvalue weighted by atomic mass is 10.1. The van der Waals surface area contributed by atoms with Crippen LogP contribution in [-0.2, 0) is 5.54 Å². The highest BCUT2D eigenvalue weighted by Gasteiger charge is 2.26. The van der Waals surface area contributed by atoms with Crippen molar-refractivity contribution in [3.63, 3.8) is 0 Å². The molecular formula is C15H20N4OS. The Balaban J connectivity index is 2.17. The van der Waals surface area contributed by atoms with Gasteiger partial charge in [-0.15, -0.1) is 11.3 Å². The number of hydrogen-bond donors (Lipinski definition) is 2. The molecule has 2 heterocycles. The van der Waals surface area contributed by atoms with Crippen molar-refractivity contribution in [2.45, 2.75) is 32.7 Å². The zero-order valence-corrected chi connectivity index (χ0v) is 13.3. The first kappa shape index (κ1) is 15.4. The van der Waals surface area contributed by atoms with Crippen molar-refractivity contribution in [3.8, 4) is 0 Å². The van der Waals surface area contributed by atoms with Crippen LogP contribution in [0.4, 0.5) is 5.69 Å². The molecule has 0 radical (unpaired) electrons. The van der Waals surface area contributed by atoms with E-state index in [0.29, 0.717) is 5.56 Å². The minimum Gasteiger partial charge on any atom is -0.383 e. The lowest BCUT2D eigenvalue weighted by molar-refractivity contribution is 0.0912. The summed E-state index contributed by atoms with van der Waals surface area (Å²) < 4.78 is 0. The summed E-state index contributed by atoms with van der Waals surface area (Å²) in [5.41, 5.74) is 0.853. The second kappa shape index (κ2) is 6.67. The molecule has 0 atom stereocenters. The van der Waals surface area contributed by atoms with Gasteiger partial charge in [-0.1, -0.05) is 6.92 Å². The Hall–Kier alpha value is -1.95. The van der Waals surface area contributed by atoms with Crippen molar-refractivity contribution >= 4 is 22.9 Å². The van der Waals surface area contributed by atoms with Gasteiger partial charge in [-0.2, -0.15) is 0 Å². The second-order valence-electron chi connectivity index (χ2n) is 5.26. The molecule has 0 saturated carbocycles. The van der Waals surface area contributed by atoms with E-state index in [1.54, 1.807) is 24.7 Å². The van der Waals surface area contributed by atoms with Gasteiger partial charge >= 0.3 is 0 Å². The number of carbonyl (C=O) groups is 1. The number of hydrogen-bond acceptors (Lipinski definition) is 5.